The number of benzene rings is 1. The molecule has 0 aliphatic carbocycles. The third-order valence-corrected chi connectivity index (χ3v) is 3.80. The van der Waals surface area contributed by atoms with Crippen LogP contribution in [0.15, 0.2) is 18.2 Å². The van der Waals surface area contributed by atoms with E-state index >= 15 is 0 Å². The number of ether oxygens (including phenoxy) is 1. The number of rotatable bonds is 5. The zero-order valence-electron chi connectivity index (χ0n) is 12.3. The maximum Gasteiger partial charge on any atom is 0.248 e. The third-order valence-electron chi connectivity index (χ3n) is 3.80. The second kappa shape index (κ2) is 6.75. The fourth-order valence-corrected chi connectivity index (χ4v) is 2.61. The molecule has 1 aromatic rings. The Balaban J connectivity index is 2.04. The van der Waals surface area contributed by atoms with Crippen LogP contribution in [0.4, 0.5) is 0 Å². The van der Waals surface area contributed by atoms with Crippen LogP contribution in [-0.2, 0) is 0 Å². The second-order valence-electron chi connectivity index (χ2n) is 5.79. The molecule has 4 heteroatoms. The van der Waals surface area contributed by atoms with Gasteiger partial charge in [-0.3, -0.25) is 4.79 Å². The number of nitrogens with one attached hydrogen (secondary N) is 1. The number of nitrogens with two attached hydrogens (primary N) is 1. The monoisotopic (exact) mass is 276 g/mol. The van der Waals surface area contributed by atoms with E-state index in [0.717, 1.165) is 31.0 Å². The Bertz CT molecular complexity index is 466. The van der Waals surface area contributed by atoms with Crippen molar-refractivity contribution in [3.63, 3.8) is 0 Å². The molecule has 0 radical (unpaired) electrons. The molecule has 1 unspecified atom stereocenters. The van der Waals surface area contributed by atoms with Crippen LogP contribution in [0.5, 0.6) is 5.75 Å². The van der Waals surface area contributed by atoms with Crippen molar-refractivity contribution in [1.82, 2.24) is 5.32 Å². The summed E-state index contributed by atoms with van der Waals surface area (Å²) in [5.74, 6) is 1.26. The average molecular weight is 276 g/mol. The largest absolute Gasteiger partial charge is 0.493 e. The number of piperidine rings is 1. The van der Waals surface area contributed by atoms with Crippen molar-refractivity contribution in [2.75, 3.05) is 19.7 Å². The highest BCUT2D eigenvalue weighted by Gasteiger charge is 2.15. The molecule has 3 N–H and O–H groups in total. The minimum Gasteiger partial charge on any atom is -0.493 e. The Kier molecular flexibility index (Phi) is 5.01. The Morgan fingerprint density at radius 2 is 2.30 bits per heavy atom. The molecule has 0 spiro atoms. The highest BCUT2D eigenvalue weighted by molar-refractivity contribution is 5.94. The Hall–Kier alpha value is -1.55. The fourth-order valence-electron chi connectivity index (χ4n) is 2.61. The van der Waals surface area contributed by atoms with Crippen LogP contribution in [0.25, 0.3) is 0 Å². The zero-order valence-corrected chi connectivity index (χ0v) is 12.3. The van der Waals surface area contributed by atoms with Gasteiger partial charge in [0, 0.05) is 18.0 Å². The molecular weight excluding hydrogens is 252 g/mol. The summed E-state index contributed by atoms with van der Waals surface area (Å²) in [6, 6.07) is 5.55. The first-order chi connectivity index (χ1) is 9.58. The predicted molar refractivity (Wildman–Crippen MR) is 80.1 cm³/mol. The number of primary amides is 1. The molecule has 1 fully saturated rings. The van der Waals surface area contributed by atoms with Gasteiger partial charge in [0.15, 0.2) is 0 Å². The van der Waals surface area contributed by atoms with Crippen molar-refractivity contribution in [2.45, 2.75) is 32.6 Å². The standard InChI is InChI=1S/C16H24N2O2/c1-11(2)15-8-13(5-6-14(15)16(17)19)20-10-12-4-3-7-18-9-12/h5-6,8,11-12,18H,3-4,7,9-10H2,1-2H3,(H2,17,19). The zero-order chi connectivity index (χ0) is 14.5. The number of hydrogen-bond donors (Lipinski definition) is 2. The van der Waals surface area contributed by atoms with Crippen LogP contribution in [0, 0.1) is 5.92 Å². The summed E-state index contributed by atoms with van der Waals surface area (Å²) in [4.78, 5) is 11.4. The minimum absolute atomic E-state index is 0.248. The van der Waals surface area contributed by atoms with Crippen LogP contribution in [0.3, 0.4) is 0 Å². The summed E-state index contributed by atoms with van der Waals surface area (Å²) in [5, 5.41) is 3.38. The van der Waals surface area contributed by atoms with Crippen LogP contribution in [-0.4, -0.2) is 25.6 Å². The first-order valence-electron chi connectivity index (χ1n) is 7.35. The number of carbonyl (C=O) groups excluding carboxylic acids is 1. The van der Waals surface area contributed by atoms with Gasteiger partial charge in [-0.25, -0.2) is 0 Å². The minimum atomic E-state index is -0.378. The van der Waals surface area contributed by atoms with Gasteiger partial charge < -0.3 is 15.8 Å². The first kappa shape index (κ1) is 14.9. The lowest BCUT2D eigenvalue weighted by molar-refractivity contribution is 0.0999. The third kappa shape index (κ3) is 3.73. The van der Waals surface area contributed by atoms with E-state index < -0.39 is 0 Å². The van der Waals surface area contributed by atoms with E-state index in [0.29, 0.717) is 11.5 Å². The highest BCUT2D eigenvalue weighted by Crippen LogP contribution is 2.25. The van der Waals surface area contributed by atoms with Crippen LogP contribution in [0.2, 0.25) is 0 Å². The normalized spacial score (nSPS) is 19.1. The molecule has 4 nitrogen and oxygen atoms in total. The van der Waals surface area contributed by atoms with Gasteiger partial charge in [0.1, 0.15) is 5.75 Å². The molecule has 1 amide bonds. The average Bonchev–Trinajstić information content (AvgIpc) is 2.45. The number of carbonyl (C=O) groups is 1. The Labute approximate surface area is 120 Å². The Morgan fingerprint density at radius 1 is 1.50 bits per heavy atom. The molecule has 0 aromatic heterocycles. The molecule has 1 aromatic carbocycles. The van der Waals surface area contributed by atoms with Crippen molar-refractivity contribution in [3.05, 3.63) is 29.3 Å². The van der Waals surface area contributed by atoms with E-state index in [1.54, 1.807) is 6.07 Å². The fraction of sp³-hybridized carbons (Fsp3) is 0.562. The van der Waals surface area contributed by atoms with Crippen LogP contribution < -0.4 is 15.8 Å². The second-order valence-corrected chi connectivity index (χ2v) is 5.79. The van der Waals surface area contributed by atoms with E-state index in [2.05, 4.69) is 19.2 Å². The highest BCUT2D eigenvalue weighted by atomic mass is 16.5. The van der Waals surface area contributed by atoms with Gasteiger partial charge in [-0.2, -0.15) is 0 Å². The number of amides is 1. The molecule has 0 bridgehead atoms. The van der Waals surface area contributed by atoms with Gasteiger partial charge in [0.2, 0.25) is 5.91 Å². The van der Waals surface area contributed by atoms with Gasteiger partial charge in [-0.1, -0.05) is 13.8 Å². The summed E-state index contributed by atoms with van der Waals surface area (Å²) in [7, 11) is 0. The van der Waals surface area contributed by atoms with Crippen LogP contribution >= 0.6 is 0 Å². The topological polar surface area (TPSA) is 64.3 Å². The van der Waals surface area contributed by atoms with Crippen molar-refractivity contribution in [2.24, 2.45) is 11.7 Å². The molecule has 1 heterocycles. The van der Waals surface area contributed by atoms with Crippen molar-refractivity contribution >= 4 is 5.91 Å². The van der Waals surface area contributed by atoms with Crippen molar-refractivity contribution < 1.29 is 9.53 Å². The molecule has 1 aliphatic rings. The Morgan fingerprint density at radius 3 is 2.90 bits per heavy atom. The van der Waals surface area contributed by atoms with Gasteiger partial charge in [-0.15, -0.1) is 0 Å². The first-order valence-corrected chi connectivity index (χ1v) is 7.35. The van der Waals surface area contributed by atoms with E-state index in [-0.39, 0.29) is 11.8 Å². The van der Waals surface area contributed by atoms with E-state index in [4.69, 9.17) is 10.5 Å². The van der Waals surface area contributed by atoms with Crippen molar-refractivity contribution in [3.8, 4) is 5.75 Å². The molecule has 110 valence electrons. The molecule has 1 aliphatic heterocycles. The maximum atomic E-state index is 11.4. The smallest absolute Gasteiger partial charge is 0.248 e. The molecule has 0 saturated carbocycles. The summed E-state index contributed by atoms with van der Waals surface area (Å²) in [6.07, 6.45) is 2.43. The SMILES string of the molecule is CC(C)c1cc(OCC2CCCNC2)ccc1C(N)=O. The predicted octanol–water partition coefficient (Wildman–Crippen LogP) is 2.29. The summed E-state index contributed by atoms with van der Waals surface area (Å²) in [5.41, 5.74) is 6.95. The molecule has 20 heavy (non-hydrogen) atoms. The van der Waals surface area contributed by atoms with E-state index in [1.165, 1.54) is 12.8 Å². The lowest BCUT2D eigenvalue weighted by Crippen LogP contribution is -2.33. The molecule has 2 rings (SSSR count). The molecule has 1 atom stereocenters. The lowest BCUT2D eigenvalue weighted by Gasteiger charge is -2.23. The van der Waals surface area contributed by atoms with Crippen molar-refractivity contribution in [1.29, 1.82) is 0 Å². The summed E-state index contributed by atoms with van der Waals surface area (Å²) in [6.45, 7) is 6.96. The molecule has 1 saturated heterocycles. The van der Waals surface area contributed by atoms with Gasteiger partial charge >= 0.3 is 0 Å². The van der Waals surface area contributed by atoms with Gasteiger partial charge in [0.05, 0.1) is 6.61 Å². The number of hydrogen-bond acceptors (Lipinski definition) is 3. The lowest BCUT2D eigenvalue weighted by atomic mass is 9.96. The van der Waals surface area contributed by atoms with Gasteiger partial charge in [-0.05, 0) is 49.1 Å². The van der Waals surface area contributed by atoms with Gasteiger partial charge in [0.25, 0.3) is 0 Å². The molecular formula is C16H24N2O2. The summed E-state index contributed by atoms with van der Waals surface area (Å²) < 4.78 is 5.88. The summed E-state index contributed by atoms with van der Waals surface area (Å²) >= 11 is 0. The van der Waals surface area contributed by atoms with E-state index in [9.17, 15) is 4.79 Å². The maximum absolute atomic E-state index is 11.4. The quantitative estimate of drug-likeness (QED) is 0.867. The van der Waals surface area contributed by atoms with E-state index in [1.807, 2.05) is 12.1 Å². The van der Waals surface area contributed by atoms with Crippen LogP contribution in [0.1, 0.15) is 48.5 Å².